The Labute approximate surface area is 178 Å². The predicted octanol–water partition coefficient (Wildman–Crippen LogP) is 2.90. The first kappa shape index (κ1) is 23.1. The van der Waals surface area contributed by atoms with Gasteiger partial charge in [0.1, 0.15) is 11.5 Å². The van der Waals surface area contributed by atoms with E-state index in [1.54, 1.807) is 32.2 Å². The second kappa shape index (κ2) is 11.1. The van der Waals surface area contributed by atoms with Crippen LogP contribution in [-0.4, -0.2) is 58.7 Å². The van der Waals surface area contributed by atoms with Crippen LogP contribution in [0.4, 0.5) is 5.69 Å². The van der Waals surface area contributed by atoms with Crippen molar-refractivity contribution in [2.75, 3.05) is 46.9 Å². The molecule has 0 aliphatic rings. The molecule has 0 spiro atoms. The fourth-order valence-corrected chi connectivity index (χ4v) is 2.84. The highest BCUT2D eigenvalue weighted by molar-refractivity contribution is 5.80. The van der Waals surface area contributed by atoms with Gasteiger partial charge in [0.05, 0.1) is 14.2 Å². The van der Waals surface area contributed by atoms with Gasteiger partial charge in [0.15, 0.2) is 6.61 Å². The molecule has 1 amide bonds. The Morgan fingerprint density at radius 2 is 1.47 bits per heavy atom. The summed E-state index contributed by atoms with van der Waals surface area (Å²) in [6, 6.07) is 13.4. The molecule has 0 N–H and O–H groups in total. The number of esters is 1. The lowest BCUT2D eigenvalue weighted by Crippen LogP contribution is -2.30. The third-order valence-corrected chi connectivity index (χ3v) is 4.68. The standard InChI is InChI=1S/C23H30N2O5/c1-24(2)19-9-6-17(7-10-19)15-25(3)22(26)16-30-23(27)11-8-18-12-20(28-4)14-21(13-18)29-5/h6-7,9-10,12-14H,8,11,15-16H2,1-5H3. The van der Waals surface area contributed by atoms with Gasteiger partial charge in [-0.15, -0.1) is 0 Å². The van der Waals surface area contributed by atoms with E-state index >= 15 is 0 Å². The smallest absolute Gasteiger partial charge is 0.306 e. The third kappa shape index (κ3) is 6.99. The van der Waals surface area contributed by atoms with Crippen molar-refractivity contribution >= 4 is 17.6 Å². The van der Waals surface area contributed by atoms with E-state index in [1.165, 1.54) is 0 Å². The summed E-state index contributed by atoms with van der Waals surface area (Å²) >= 11 is 0. The monoisotopic (exact) mass is 414 g/mol. The van der Waals surface area contributed by atoms with Gasteiger partial charge in [-0.1, -0.05) is 12.1 Å². The number of carbonyl (C=O) groups excluding carboxylic acids is 2. The van der Waals surface area contributed by atoms with E-state index in [0.717, 1.165) is 16.8 Å². The first-order valence-electron chi connectivity index (χ1n) is 9.70. The molecule has 2 aromatic carbocycles. The fraction of sp³-hybridized carbons (Fsp3) is 0.391. The summed E-state index contributed by atoms with van der Waals surface area (Å²) < 4.78 is 15.6. The van der Waals surface area contributed by atoms with Crippen LogP contribution in [-0.2, 0) is 27.3 Å². The number of ether oxygens (including phenoxy) is 3. The number of aryl methyl sites for hydroxylation is 1. The van der Waals surface area contributed by atoms with E-state index in [-0.39, 0.29) is 18.9 Å². The van der Waals surface area contributed by atoms with Crippen molar-refractivity contribution in [2.45, 2.75) is 19.4 Å². The zero-order valence-electron chi connectivity index (χ0n) is 18.3. The third-order valence-electron chi connectivity index (χ3n) is 4.68. The van der Waals surface area contributed by atoms with Gasteiger partial charge < -0.3 is 24.0 Å². The first-order valence-corrected chi connectivity index (χ1v) is 9.70. The first-order chi connectivity index (χ1) is 14.3. The summed E-state index contributed by atoms with van der Waals surface area (Å²) in [5.74, 6) is 0.651. The molecule has 162 valence electrons. The van der Waals surface area contributed by atoms with Gasteiger partial charge in [-0.05, 0) is 41.8 Å². The predicted molar refractivity (Wildman–Crippen MR) is 116 cm³/mol. The Hall–Kier alpha value is -3.22. The van der Waals surface area contributed by atoms with Gasteiger partial charge in [-0.25, -0.2) is 0 Å². The number of rotatable bonds is 10. The summed E-state index contributed by atoms with van der Waals surface area (Å²) in [6.07, 6.45) is 0.633. The van der Waals surface area contributed by atoms with Crippen LogP contribution in [0.15, 0.2) is 42.5 Å². The molecule has 0 fully saturated rings. The molecular formula is C23H30N2O5. The number of anilines is 1. The van der Waals surface area contributed by atoms with Gasteiger partial charge in [-0.3, -0.25) is 9.59 Å². The number of carbonyl (C=O) groups is 2. The minimum Gasteiger partial charge on any atom is -0.497 e. The summed E-state index contributed by atoms with van der Waals surface area (Å²) in [5, 5.41) is 0. The molecule has 0 saturated heterocycles. The molecule has 0 bridgehead atoms. The SMILES string of the molecule is COc1cc(CCC(=O)OCC(=O)N(C)Cc2ccc(N(C)C)cc2)cc(OC)c1. The zero-order chi connectivity index (χ0) is 22.1. The number of likely N-dealkylation sites (N-methyl/N-ethyl adjacent to an activating group) is 1. The Morgan fingerprint density at radius 1 is 0.867 bits per heavy atom. The quantitative estimate of drug-likeness (QED) is 0.557. The van der Waals surface area contributed by atoms with Crippen LogP contribution in [0.2, 0.25) is 0 Å². The molecule has 2 aromatic rings. The molecule has 0 aliphatic heterocycles. The van der Waals surface area contributed by atoms with E-state index in [9.17, 15) is 9.59 Å². The Morgan fingerprint density at radius 3 is 2.00 bits per heavy atom. The Balaban J connectivity index is 1.79. The largest absolute Gasteiger partial charge is 0.497 e. The number of benzene rings is 2. The molecule has 7 nitrogen and oxygen atoms in total. The van der Waals surface area contributed by atoms with Crippen molar-refractivity contribution in [1.82, 2.24) is 4.90 Å². The topological polar surface area (TPSA) is 68.3 Å². The molecular weight excluding hydrogens is 384 g/mol. The average molecular weight is 415 g/mol. The fourth-order valence-electron chi connectivity index (χ4n) is 2.84. The van der Waals surface area contributed by atoms with Gasteiger partial charge in [0.2, 0.25) is 0 Å². The number of hydrogen-bond donors (Lipinski definition) is 0. The van der Waals surface area contributed by atoms with Crippen molar-refractivity contribution in [3.63, 3.8) is 0 Å². The second-order valence-electron chi connectivity index (χ2n) is 7.19. The molecule has 0 heterocycles. The number of hydrogen-bond acceptors (Lipinski definition) is 6. The molecule has 0 aliphatic carbocycles. The normalized spacial score (nSPS) is 10.3. The number of methoxy groups -OCH3 is 2. The molecule has 7 heteroatoms. The zero-order valence-corrected chi connectivity index (χ0v) is 18.3. The molecule has 30 heavy (non-hydrogen) atoms. The highest BCUT2D eigenvalue weighted by atomic mass is 16.5. The van der Waals surface area contributed by atoms with E-state index in [1.807, 2.05) is 55.4 Å². The van der Waals surface area contributed by atoms with Crippen molar-refractivity contribution < 1.29 is 23.8 Å². The van der Waals surface area contributed by atoms with Crippen LogP contribution < -0.4 is 14.4 Å². The summed E-state index contributed by atoms with van der Waals surface area (Å²) in [5.41, 5.74) is 3.00. The van der Waals surface area contributed by atoms with Crippen LogP contribution in [0.1, 0.15) is 17.5 Å². The van der Waals surface area contributed by atoms with Crippen LogP contribution >= 0.6 is 0 Å². The van der Waals surface area contributed by atoms with Gasteiger partial charge in [0.25, 0.3) is 5.91 Å². The van der Waals surface area contributed by atoms with Crippen LogP contribution in [0.25, 0.3) is 0 Å². The highest BCUT2D eigenvalue weighted by Crippen LogP contribution is 2.23. The van der Waals surface area contributed by atoms with E-state index in [0.29, 0.717) is 24.5 Å². The number of amides is 1. The molecule has 0 unspecified atom stereocenters. The van der Waals surface area contributed by atoms with Crippen molar-refractivity contribution in [2.24, 2.45) is 0 Å². The molecule has 0 radical (unpaired) electrons. The summed E-state index contributed by atoms with van der Waals surface area (Å²) in [6.45, 7) is 0.181. The maximum atomic E-state index is 12.3. The van der Waals surface area contributed by atoms with E-state index in [4.69, 9.17) is 14.2 Å². The summed E-state index contributed by atoms with van der Waals surface area (Å²) in [4.78, 5) is 27.9. The lowest BCUT2D eigenvalue weighted by molar-refractivity contribution is -0.151. The van der Waals surface area contributed by atoms with Gasteiger partial charge >= 0.3 is 5.97 Å². The Bertz CT molecular complexity index is 827. The lowest BCUT2D eigenvalue weighted by Gasteiger charge is -2.18. The minimum absolute atomic E-state index is 0.166. The van der Waals surface area contributed by atoms with E-state index < -0.39 is 5.97 Å². The molecule has 0 saturated carbocycles. The molecule has 0 aromatic heterocycles. The van der Waals surface area contributed by atoms with Crippen LogP contribution in [0.5, 0.6) is 11.5 Å². The summed E-state index contributed by atoms with van der Waals surface area (Å²) in [7, 11) is 8.79. The maximum Gasteiger partial charge on any atom is 0.306 e. The van der Waals surface area contributed by atoms with Crippen molar-refractivity contribution in [1.29, 1.82) is 0 Å². The van der Waals surface area contributed by atoms with Gasteiger partial charge in [0, 0.05) is 45.9 Å². The van der Waals surface area contributed by atoms with Crippen molar-refractivity contribution in [3.05, 3.63) is 53.6 Å². The second-order valence-corrected chi connectivity index (χ2v) is 7.19. The lowest BCUT2D eigenvalue weighted by atomic mass is 10.1. The van der Waals surface area contributed by atoms with Crippen LogP contribution in [0.3, 0.4) is 0 Å². The molecule has 2 rings (SSSR count). The maximum absolute atomic E-state index is 12.3. The van der Waals surface area contributed by atoms with Crippen LogP contribution in [0, 0.1) is 0 Å². The minimum atomic E-state index is -0.422. The Kier molecular flexibility index (Phi) is 8.53. The van der Waals surface area contributed by atoms with Gasteiger partial charge in [-0.2, -0.15) is 0 Å². The average Bonchev–Trinajstić information content (AvgIpc) is 2.75. The van der Waals surface area contributed by atoms with E-state index in [2.05, 4.69) is 0 Å². The highest BCUT2D eigenvalue weighted by Gasteiger charge is 2.13. The molecule has 0 atom stereocenters. The van der Waals surface area contributed by atoms with Crippen molar-refractivity contribution in [3.8, 4) is 11.5 Å². The number of nitrogens with zero attached hydrogens (tertiary/aromatic N) is 2.